The molecule has 2 atom stereocenters. The Hall–Kier alpha value is -0.120. The second-order valence-electron chi connectivity index (χ2n) is 5.76. The van der Waals surface area contributed by atoms with E-state index in [1.807, 2.05) is 0 Å². The molecule has 0 aromatic rings. The van der Waals surface area contributed by atoms with Crippen molar-refractivity contribution in [1.82, 2.24) is 15.1 Å². The van der Waals surface area contributed by atoms with Crippen LogP contribution in [-0.4, -0.2) is 61.2 Å². The molecule has 4 fully saturated rings. The summed E-state index contributed by atoms with van der Waals surface area (Å²) >= 11 is 0. The topological polar surface area (TPSA) is 18.5 Å². The van der Waals surface area contributed by atoms with Crippen LogP contribution in [0, 0.1) is 5.92 Å². The molecule has 0 spiro atoms. The number of piperazine rings is 1. The SMILES string of the molecule is CCC1CN(C2CN3CCC2CC3)CCN1. The molecule has 3 heteroatoms. The van der Waals surface area contributed by atoms with E-state index < -0.39 is 0 Å². The number of rotatable bonds is 2. The fourth-order valence-corrected chi connectivity index (χ4v) is 3.77. The Balaban J connectivity index is 1.63. The van der Waals surface area contributed by atoms with E-state index >= 15 is 0 Å². The lowest BCUT2D eigenvalue weighted by molar-refractivity contribution is -0.00645. The molecule has 4 rings (SSSR count). The van der Waals surface area contributed by atoms with Gasteiger partial charge in [-0.05, 0) is 38.3 Å². The summed E-state index contributed by atoms with van der Waals surface area (Å²) in [6.07, 6.45) is 4.17. The van der Waals surface area contributed by atoms with Gasteiger partial charge in [0.05, 0.1) is 0 Å². The zero-order chi connectivity index (χ0) is 11.0. The molecular formula is C13H25N3. The predicted octanol–water partition coefficient (Wildman–Crippen LogP) is 0.764. The van der Waals surface area contributed by atoms with Crippen LogP contribution in [0.5, 0.6) is 0 Å². The maximum atomic E-state index is 3.63. The number of hydrogen-bond acceptors (Lipinski definition) is 3. The van der Waals surface area contributed by atoms with E-state index in [4.69, 9.17) is 0 Å². The molecule has 16 heavy (non-hydrogen) atoms. The number of hydrogen-bond donors (Lipinski definition) is 1. The average molecular weight is 223 g/mol. The Morgan fingerprint density at radius 1 is 1.12 bits per heavy atom. The van der Waals surface area contributed by atoms with Crippen LogP contribution in [0.1, 0.15) is 26.2 Å². The molecule has 0 amide bonds. The fourth-order valence-electron chi connectivity index (χ4n) is 3.77. The van der Waals surface area contributed by atoms with Crippen molar-refractivity contribution >= 4 is 0 Å². The molecule has 1 N–H and O–H groups in total. The van der Waals surface area contributed by atoms with Gasteiger partial charge < -0.3 is 10.2 Å². The van der Waals surface area contributed by atoms with Crippen LogP contribution < -0.4 is 5.32 Å². The summed E-state index contributed by atoms with van der Waals surface area (Å²) in [6, 6.07) is 1.61. The van der Waals surface area contributed by atoms with E-state index in [9.17, 15) is 0 Å². The van der Waals surface area contributed by atoms with Gasteiger partial charge in [0.25, 0.3) is 0 Å². The lowest BCUT2D eigenvalue weighted by Crippen LogP contribution is -2.62. The second-order valence-corrected chi connectivity index (χ2v) is 5.76. The highest BCUT2D eigenvalue weighted by atomic mass is 15.3. The summed E-state index contributed by atoms with van der Waals surface area (Å²) in [7, 11) is 0. The van der Waals surface area contributed by atoms with Gasteiger partial charge in [-0.1, -0.05) is 6.92 Å². The van der Waals surface area contributed by atoms with E-state index in [0.717, 1.165) is 18.0 Å². The van der Waals surface area contributed by atoms with E-state index in [1.165, 1.54) is 58.5 Å². The number of nitrogens with one attached hydrogen (secondary N) is 1. The van der Waals surface area contributed by atoms with Gasteiger partial charge in [-0.25, -0.2) is 0 Å². The minimum Gasteiger partial charge on any atom is -0.311 e. The van der Waals surface area contributed by atoms with E-state index in [2.05, 4.69) is 22.0 Å². The lowest BCUT2D eigenvalue weighted by Gasteiger charge is -2.51. The quantitative estimate of drug-likeness (QED) is 0.746. The van der Waals surface area contributed by atoms with Gasteiger partial charge in [0.15, 0.2) is 0 Å². The van der Waals surface area contributed by atoms with E-state index in [1.54, 1.807) is 0 Å². The van der Waals surface area contributed by atoms with E-state index in [-0.39, 0.29) is 0 Å². The minimum absolute atomic E-state index is 0.740. The Kier molecular flexibility index (Phi) is 3.18. The standard InChI is InChI=1S/C13H25N3/c1-2-12-9-16(8-5-14-12)13-10-15-6-3-11(13)4-7-15/h11-14H,2-10H2,1H3. The van der Waals surface area contributed by atoms with Gasteiger partial charge in [0.1, 0.15) is 0 Å². The molecule has 0 aromatic heterocycles. The Bertz CT molecular complexity index is 235. The van der Waals surface area contributed by atoms with Crippen molar-refractivity contribution in [2.45, 2.75) is 38.3 Å². The molecule has 0 aromatic carbocycles. The third-order valence-corrected chi connectivity index (χ3v) is 4.87. The maximum Gasteiger partial charge on any atom is 0.0253 e. The van der Waals surface area contributed by atoms with Gasteiger partial charge in [0.2, 0.25) is 0 Å². The first-order valence-corrected chi connectivity index (χ1v) is 7.06. The minimum atomic E-state index is 0.740. The normalized spacial score (nSPS) is 44.8. The smallest absolute Gasteiger partial charge is 0.0253 e. The van der Waals surface area contributed by atoms with Crippen LogP contribution in [0.3, 0.4) is 0 Å². The molecule has 4 aliphatic heterocycles. The van der Waals surface area contributed by atoms with Crippen molar-refractivity contribution in [3.63, 3.8) is 0 Å². The van der Waals surface area contributed by atoms with Crippen molar-refractivity contribution in [2.24, 2.45) is 5.92 Å². The summed E-state index contributed by atoms with van der Waals surface area (Å²) < 4.78 is 0. The Labute approximate surface area is 99.2 Å². The van der Waals surface area contributed by atoms with Crippen molar-refractivity contribution < 1.29 is 0 Å². The zero-order valence-corrected chi connectivity index (χ0v) is 10.5. The van der Waals surface area contributed by atoms with Crippen molar-refractivity contribution in [2.75, 3.05) is 39.3 Å². The van der Waals surface area contributed by atoms with Gasteiger partial charge in [-0.3, -0.25) is 4.90 Å². The Morgan fingerprint density at radius 3 is 2.56 bits per heavy atom. The molecule has 0 saturated carbocycles. The average Bonchev–Trinajstić information content (AvgIpc) is 2.40. The zero-order valence-electron chi connectivity index (χ0n) is 10.5. The van der Waals surface area contributed by atoms with E-state index in [0.29, 0.717) is 0 Å². The fraction of sp³-hybridized carbons (Fsp3) is 1.00. The molecular weight excluding hydrogens is 198 g/mol. The first-order valence-electron chi connectivity index (χ1n) is 7.06. The summed E-state index contributed by atoms with van der Waals surface area (Å²) in [4.78, 5) is 5.45. The highest BCUT2D eigenvalue weighted by Gasteiger charge is 2.38. The molecule has 0 aliphatic carbocycles. The summed E-state index contributed by atoms with van der Waals surface area (Å²) in [5.74, 6) is 1.00. The van der Waals surface area contributed by atoms with Crippen LogP contribution in [0.4, 0.5) is 0 Å². The summed E-state index contributed by atoms with van der Waals surface area (Å²) in [5, 5.41) is 3.63. The Morgan fingerprint density at radius 2 is 1.94 bits per heavy atom. The lowest BCUT2D eigenvalue weighted by atomic mass is 9.82. The van der Waals surface area contributed by atoms with Crippen LogP contribution in [0.2, 0.25) is 0 Å². The van der Waals surface area contributed by atoms with Gasteiger partial charge in [-0.2, -0.15) is 0 Å². The second kappa shape index (κ2) is 4.63. The van der Waals surface area contributed by atoms with Crippen molar-refractivity contribution in [3.8, 4) is 0 Å². The first kappa shape index (κ1) is 11.0. The third kappa shape index (κ3) is 2.01. The highest BCUT2D eigenvalue weighted by Crippen LogP contribution is 2.31. The van der Waals surface area contributed by atoms with Crippen molar-refractivity contribution in [1.29, 1.82) is 0 Å². The highest BCUT2D eigenvalue weighted by molar-refractivity contribution is 4.94. The molecule has 2 bridgehead atoms. The molecule has 4 saturated heterocycles. The largest absolute Gasteiger partial charge is 0.311 e. The van der Waals surface area contributed by atoms with Crippen LogP contribution in [-0.2, 0) is 0 Å². The van der Waals surface area contributed by atoms with Crippen LogP contribution in [0.15, 0.2) is 0 Å². The van der Waals surface area contributed by atoms with Crippen molar-refractivity contribution in [3.05, 3.63) is 0 Å². The predicted molar refractivity (Wildman–Crippen MR) is 66.6 cm³/mol. The van der Waals surface area contributed by atoms with Gasteiger partial charge >= 0.3 is 0 Å². The summed E-state index contributed by atoms with van der Waals surface area (Å²) in [5.41, 5.74) is 0. The number of piperidine rings is 3. The van der Waals surface area contributed by atoms with Gasteiger partial charge in [0, 0.05) is 38.3 Å². The molecule has 92 valence electrons. The number of fused-ring (bicyclic) bond motifs is 3. The summed E-state index contributed by atoms with van der Waals surface area (Å²) in [6.45, 7) is 10.1. The first-order chi connectivity index (χ1) is 7.86. The molecule has 0 radical (unpaired) electrons. The molecule has 2 unspecified atom stereocenters. The van der Waals surface area contributed by atoms with Crippen LogP contribution >= 0.6 is 0 Å². The molecule has 3 nitrogen and oxygen atoms in total. The number of nitrogens with zero attached hydrogens (tertiary/aromatic N) is 2. The molecule has 4 aliphatic rings. The van der Waals surface area contributed by atoms with Crippen LogP contribution in [0.25, 0.3) is 0 Å². The van der Waals surface area contributed by atoms with Gasteiger partial charge in [-0.15, -0.1) is 0 Å². The third-order valence-electron chi connectivity index (χ3n) is 4.87. The molecule has 4 heterocycles. The monoisotopic (exact) mass is 223 g/mol. The maximum absolute atomic E-state index is 3.63.